The van der Waals surface area contributed by atoms with Crippen LogP contribution in [0.15, 0.2) is 21.7 Å². The van der Waals surface area contributed by atoms with E-state index in [0.29, 0.717) is 0 Å². The molecule has 0 fully saturated rings. The molecule has 0 aliphatic rings. The van der Waals surface area contributed by atoms with Crippen molar-refractivity contribution in [2.24, 2.45) is 11.7 Å². The number of hydrogen-bond donors (Lipinski definition) is 2. The van der Waals surface area contributed by atoms with Gasteiger partial charge in [0.2, 0.25) is 0 Å². The monoisotopic (exact) mass is 334 g/mol. The van der Waals surface area contributed by atoms with Gasteiger partial charge in [-0.05, 0) is 24.3 Å². The van der Waals surface area contributed by atoms with Gasteiger partial charge in [-0.1, -0.05) is 19.9 Å². The highest BCUT2D eigenvalue weighted by Crippen LogP contribution is 2.17. The summed E-state index contributed by atoms with van der Waals surface area (Å²) in [5.74, 6) is -1.99. The number of carbonyl (C=O) groups is 2. The molecule has 0 aromatic carbocycles. The Bertz CT molecular complexity index is 595. The van der Waals surface area contributed by atoms with E-state index < -0.39 is 34.0 Å². The number of ether oxygens (including phenoxy) is 1. The van der Waals surface area contributed by atoms with E-state index in [1.54, 1.807) is 25.3 Å². The van der Waals surface area contributed by atoms with Gasteiger partial charge in [0.15, 0.2) is 6.10 Å². The number of carbonyl (C=O) groups excluding carboxylic acids is 2. The molecule has 1 heterocycles. The average Bonchev–Trinajstić information content (AvgIpc) is 2.89. The number of esters is 1. The Morgan fingerprint density at radius 1 is 1.33 bits per heavy atom. The fourth-order valence-electron chi connectivity index (χ4n) is 1.40. The topological polar surface area (TPSA) is 116 Å². The van der Waals surface area contributed by atoms with E-state index in [4.69, 9.17) is 10.5 Å². The van der Waals surface area contributed by atoms with Crippen molar-refractivity contribution in [1.82, 2.24) is 4.72 Å². The lowest BCUT2D eigenvalue weighted by atomic mass is 10.1. The van der Waals surface area contributed by atoms with Gasteiger partial charge in [-0.3, -0.25) is 9.59 Å². The van der Waals surface area contributed by atoms with Gasteiger partial charge in [-0.2, -0.15) is 4.72 Å². The normalized spacial score (nSPS) is 14.7. The van der Waals surface area contributed by atoms with E-state index in [1.807, 2.05) is 0 Å². The van der Waals surface area contributed by atoms with Crippen LogP contribution in [0.5, 0.6) is 0 Å². The summed E-state index contributed by atoms with van der Waals surface area (Å²) in [6.07, 6.45) is -1.12. The Balaban J connectivity index is 2.88. The second-order valence-corrected chi connectivity index (χ2v) is 7.65. The van der Waals surface area contributed by atoms with E-state index in [2.05, 4.69) is 4.72 Å². The molecule has 0 saturated heterocycles. The quantitative estimate of drug-likeness (QED) is 0.703. The maximum absolute atomic E-state index is 12.1. The lowest BCUT2D eigenvalue weighted by molar-refractivity contribution is -0.156. The molecular weight excluding hydrogens is 316 g/mol. The SMILES string of the molecule is CC(C)[C@@H](NS(=O)(=O)c1cccs1)C(=O)O[C@H](C)C(N)=O. The first kappa shape index (κ1) is 17.6. The van der Waals surface area contributed by atoms with Crippen molar-refractivity contribution in [1.29, 1.82) is 0 Å². The summed E-state index contributed by atoms with van der Waals surface area (Å²) in [4.78, 5) is 22.9. The van der Waals surface area contributed by atoms with Gasteiger partial charge in [0.25, 0.3) is 15.9 Å². The third-order valence-corrected chi connectivity index (χ3v) is 5.49. The van der Waals surface area contributed by atoms with Crippen molar-refractivity contribution in [2.45, 2.75) is 37.1 Å². The van der Waals surface area contributed by atoms with Crippen LogP contribution in [0.4, 0.5) is 0 Å². The van der Waals surface area contributed by atoms with Gasteiger partial charge in [0, 0.05) is 0 Å². The van der Waals surface area contributed by atoms with E-state index in [0.717, 1.165) is 11.3 Å². The molecule has 1 rings (SSSR count). The second-order valence-electron chi connectivity index (χ2n) is 4.76. The zero-order valence-corrected chi connectivity index (χ0v) is 13.5. The molecule has 0 saturated carbocycles. The Morgan fingerprint density at radius 3 is 2.38 bits per heavy atom. The molecule has 118 valence electrons. The molecule has 7 nitrogen and oxygen atoms in total. The van der Waals surface area contributed by atoms with E-state index >= 15 is 0 Å². The largest absolute Gasteiger partial charge is 0.451 e. The maximum atomic E-state index is 12.1. The predicted molar refractivity (Wildman–Crippen MR) is 78.0 cm³/mol. The number of primary amides is 1. The Morgan fingerprint density at radius 2 is 1.95 bits per heavy atom. The second kappa shape index (κ2) is 7.01. The van der Waals surface area contributed by atoms with Crippen molar-refractivity contribution < 1.29 is 22.7 Å². The van der Waals surface area contributed by atoms with Gasteiger partial charge >= 0.3 is 5.97 Å². The predicted octanol–water partition coefficient (Wildman–Crippen LogP) is 0.468. The highest BCUT2D eigenvalue weighted by molar-refractivity contribution is 7.91. The van der Waals surface area contributed by atoms with Crippen LogP contribution < -0.4 is 10.5 Å². The van der Waals surface area contributed by atoms with E-state index in [9.17, 15) is 18.0 Å². The third-order valence-electron chi connectivity index (χ3n) is 2.66. The lowest BCUT2D eigenvalue weighted by Crippen LogP contribution is -2.47. The standard InChI is InChI=1S/C12H18N2O5S2/c1-7(2)10(12(16)19-8(3)11(13)15)14-21(17,18)9-5-4-6-20-9/h4-8,10,14H,1-3H3,(H2,13,15)/t8-,10-/m1/s1. The van der Waals surface area contributed by atoms with Gasteiger partial charge in [-0.15, -0.1) is 11.3 Å². The van der Waals surface area contributed by atoms with Gasteiger partial charge in [0.05, 0.1) is 0 Å². The molecule has 0 spiro atoms. The number of nitrogens with two attached hydrogens (primary N) is 1. The van der Waals surface area contributed by atoms with Crippen molar-refractivity contribution in [3.8, 4) is 0 Å². The summed E-state index contributed by atoms with van der Waals surface area (Å²) in [7, 11) is -3.81. The Hall–Kier alpha value is -1.45. The highest BCUT2D eigenvalue weighted by Gasteiger charge is 2.31. The fourth-order valence-corrected chi connectivity index (χ4v) is 3.75. The number of nitrogens with one attached hydrogen (secondary N) is 1. The molecular formula is C12H18N2O5S2. The van der Waals surface area contributed by atoms with Gasteiger partial charge < -0.3 is 10.5 Å². The van der Waals surface area contributed by atoms with Gasteiger partial charge in [0.1, 0.15) is 10.3 Å². The number of amides is 1. The highest BCUT2D eigenvalue weighted by atomic mass is 32.2. The first-order valence-corrected chi connectivity index (χ1v) is 8.57. The van der Waals surface area contributed by atoms with Crippen molar-refractivity contribution in [3.63, 3.8) is 0 Å². The molecule has 0 unspecified atom stereocenters. The summed E-state index contributed by atoms with van der Waals surface area (Å²) < 4.78 is 31.5. The number of thiophene rings is 1. The number of hydrogen-bond acceptors (Lipinski definition) is 6. The molecule has 3 N–H and O–H groups in total. The summed E-state index contributed by atoms with van der Waals surface area (Å²) in [6, 6.07) is 1.93. The fraction of sp³-hybridized carbons (Fsp3) is 0.500. The zero-order chi connectivity index (χ0) is 16.2. The molecule has 1 aromatic heterocycles. The molecule has 21 heavy (non-hydrogen) atoms. The Kier molecular flexibility index (Phi) is 5.87. The molecule has 1 aromatic rings. The molecule has 0 radical (unpaired) electrons. The summed E-state index contributed by atoms with van der Waals surface area (Å²) in [5.41, 5.74) is 5.01. The van der Waals surface area contributed by atoms with Crippen LogP contribution in [0.1, 0.15) is 20.8 Å². The Labute approximate surface area is 127 Å². The molecule has 9 heteroatoms. The lowest BCUT2D eigenvalue weighted by Gasteiger charge is -2.21. The van der Waals surface area contributed by atoms with Crippen LogP contribution in [0.2, 0.25) is 0 Å². The first-order chi connectivity index (χ1) is 9.65. The van der Waals surface area contributed by atoms with Crippen molar-refractivity contribution in [3.05, 3.63) is 17.5 Å². The molecule has 0 aliphatic carbocycles. The minimum Gasteiger partial charge on any atom is -0.451 e. The van der Waals surface area contributed by atoms with Crippen molar-refractivity contribution in [2.75, 3.05) is 0 Å². The maximum Gasteiger partial charge on any atom is 0.325 e. The van der Waals surface area contributed by atoms with Crippen LogP contribution in [0.25, 0.3) is 0 Å². The minimum atomic E-state index is -3.81. The summed E-state index contributed by atoms with van der Waals surface area (Å²) in [5, 5.41) is 1.62. The van der Waals surface area contributed by atoms with Crippen LogP contribution in [0.3, 0.4) is 0 Å². The molecule has 0 bridgehead atoms. The molecule has 2 atom stereocenters. The van der Waals surface area contributed by atoms with Crippen LogP contribution in [-0.2, 0) is 24.3 Å². The summed E-state index contributed by atoms with van der Waals surface area (Å²) in [6.45, 7) is 4.65. The summed E-state index contributed by atoms with van der Waals surface area (Å²) >= 11 is 1.04. The average molecular weight is 334 g/mol. The van der Waals surface area contributed by atoms with E-state index in [-0.39, 0.29) is 10.1 Å². The minimum absolute atomic E-state index is 0.101. The smallest absolute Gasteiger partial charge is 0.325 e. The van der Waals surface area contributed by atoms with E-state index in [1.165, 1.54) is 13.0 Å². The number of sulfonamides is 1. The number of rotatable bonds is 7. The first-order valence-electron chi connectivity index (χ1n) is 6.20. The van der Waals surface area contributed by atoms with Crippen LogP contribution >= 0.6 is 11.3 Å². The molecule has 1 amide bonds. The molecule has 0 aliphatic heterocycles. The van der Waals surface area contributed by atoms with Crippen molar-refractivity contribution >= 4 is 33.2 Å². The van der Waals surface area contributed by atoms with Crippen LogP contribution in [0, 0.1) is 5.92 Å². The third kappa shape index (κ3) is 4.80. The van der Waals surface area contributed by atoms with Crippen LogP contribution in [-0.4, -0.2) is 32.4 Å². The zero-order valence-electron chi connectivity index (χ0n) is 11.9. The van der Waals surface area contributed by atoms with Gasteiger partial charge in [-0.25, -0.2) is 8.42 Å².